The molecule has 4 aliphatic rings. The minimum Gasteiger partial charge on any atom is -0.346 e. The highest BCUT2D eigenvalue weighted by molar-refractivity contribution is 7.94. The van der Waals surface area contributed by atoms with Crippen LogP contribution in [0.5, 0.6) is 0 Å². The van der Waals surface area contributed by atoms with Crippen LogP contribution in [0.3, 0.4) is 0 Å². The summed E-state index contributed by atoms with van der Waals surface area (Å²) >= 11 is 0. The van der Waals surface area contributed by atoms with Gasteiger partial charge in [-0.1, -0.05) is 0 Å². The second kappa shape index (κ2) is 7.36. The minimum absolute atomic E-state index is 0.199. The molecule has 0 aliphatic heterocycles. The van der Waals surface area contributed by atoms with Crippen molar-refractivity contribution >= 4 is 21.6 Å². The fourth-order valence-electron chi connectivity index (χ4n) is 6.14. The summed E-state index contributed by atoms with van der Waals surface area (Å²) in [4.78, 5) is 13.4. The van der Waals surface area contributed by atoms with E-state index in [-0.39, 0.29) is 11.3 Å². The van der Waals surface area contributed by atoms with Gasteiger partial charge in [-0.25, -0.2) is 8.42 Å². The average molecular weight is 484 g/mol. The fourth-order valence-corrected chi connectivity index (χ4v) is 6.92. The molecule has 1 aromatic rings. The Morgan fingerprint density at radius 2 is 1.73 bits per heavy atom. The number of carbonyl (C=O) groups is 1. The van der Waals surface area contributed by atoms with Gasteiger partial charge in [-0.2, -0.15) is 18.4 Å². The predicted octanol–water partition coefficient (Wildman–Crippen LogP) is 4.84. The topological polar surface area (TPSA) is 99.1 Å². The summed E-state index contributed by atoms with van der Waals surface area (Å²) in [5.74, 6) is -0.166. The fraction of sp³-hybridized carbons (Fsp3) is 0.652. The smallest absolute Gasteiger partial charge is 0.346 e. The number of halogens is 3. The van der Waals surface area contributed by atoms with Gasteiger partial charge in [-0.15, -0.1) is 0 Å². The van der Waals surface area contributed by atoms with E-state index < -0.39 is 43.4 Å². The van der Waals surface area contributed by atoms with Crippen molar-refractivity contribution in [3.8, 4) is 6.07 Å². The molecule has 2 atom stereocenters. The Kier molecular flexibility index (Phi) is 5.32. The van der Waals surface area contributed by atoms with Crippen molar-refractivity contribution in [1.29, 1.82) is 5.26 Å². The van der Waals surface area contributed by atoms with Crippen LogP contribution in [-0.4, -0.2) is 24.6 Å². The van der Waals surface area contributed by atoms with Crippen LogP contribution in [0.2, 0.25) is 0 Å². The van der Waals surface area contributed by atoms with Crippen molar-refractivity contribution in [2.45, 2.75) is 75.8 Å². The largest absolute Gasteiger partial charge is 0.416 e. The first-order valence-corrected chi connectivity index (χ1v) is 12.5. The summed E-state index contributed by atoms with van der Waals surface area (Å²) in [7, 11) is -3.98. The Labute approximate surface area is 192 Å². The normalized spacial score (nSPS) is 31.2. The van der Waals surface area contributed by atoms with Crippen molar-refractivity contribution in [2.24, 2.45) is 17.3 Å². The number of anilines is 1. The Hall–Kier alpha value is -2.28. The third-order valence-corrected chi connectivity index (χ3v) is 9.42. The number of hydrogen-bond donors (Lipinski definition) is 2. The lowest BCUT2D eigenvalue weighted by molar-refractivity contribution is -0.137. The van der Waals surface area contributed by atoms with E-state index in [1.807, 2.05) is 0 Å². The van der Waals surface area contributed by atoms with E-state index >= 15 is 0 Å². The molecule has 4 saturated carbocycles. The Bertz CT molecular complexity index is 1120. The van der Waals surface area contributed by atoms with Gasteiger partial charge in [0.2, 0.25) is 10.0 Å². The van der Waals surface area contributed by atoms with Crippen molar-refractivity contribution < 1.29 is 26.4 Å². The highest BCUT2D eigenvalue weighted by atomic mass is 32.2. The Morgan fingerprint density at radius 1 is 1.12 bits per heavy atom. The molecule has 0 heterocycles. The molecule has 0 spiro atoms. The van der Waals surface area contributed by atoms with Gasteiger partial charge in [0.15, 0.2) is 0 Å². The molecule has 4 fully saturated rings. The monoisotopic (exact) mass is 483 g/mol. The first-order valence-electron chi connectivity index (χ1n) is 11.0. The molecule has 4 aliphatic carbocycles. The number of nitrogens with one attached hydrogen (secondary N) is 2. The van der Waals surface area contributed by atoms with Gasteiger partial charge in [0.1, 0.15) is 0 Å². The third-order valence-electron chi connectivity index (χ3n) is 7.32. The second-order valence-electron chi connectivity index (χ2n) is 11.1. The maximum atomic E-state index is 13.4. The van der Waals surface area contributed by atoms with Crippen LogP contribution in [0.4, 0.5) is 18.9 Å². The van der Waals surface area contributed by atoms with Crippen LogP contribution in [0, 0.1) is 28.6 Å². The van der Waals surface area contributed by atoms with Gasteiger partial charge < -0.3 is 5.32 Å². The molecule has 2 N–H and O–H groups in total. The van der Waals surface area contributed by atoms with Gasteiger partial charge in [-0.05, 0) is 89.3 Å². The van der Waals surface area contributed by atoms with E-state index in [9.17, 15) is 31.6 Å². The zero-order valence-electron chi connectivity index (χ0n) is 18.8. The Balaban J connectivity index is 1.70. The number of alkyl halides is 3. The van der Waals surface area contributed by atoms with Crippen molar-refractivity contribution in [1.82, 2.24) is 5.32 Å². The molecule has 6 nitrogen and oxygen atoms in total. The van der Waals surface area contributed by atoms with E-state index in [1.165, 1.54) is 20.8 Å². The molecule has 0 saturated heterocycles. The van der Waals surface area contributed by atoms with Crippen molar-refractivity contribution in [2.75, 3.05) is 4.72 Å². The van der Waals surface area contributed by atoms with E-state index in [2.05, 4.69) is 16.1 Å². The second-order valence-corrected chi connectivity index (χ2v) is 13.5. The van der Waals surface area contributed by atoms with Gasteiger partial charge in [0.05, 0.1) is 33.0 Å². The van der Waals surface area contributed by atoms with E-state index in [4.69, 9.17) is 0 Å². The molecule has 2 unspecified atom stereocenters. The highest BCUT2D eigenvalue weighted by Gasteiger charge is 2.58. The molecule has 33 heavy (non-hydrogen) atoms. The number of sulfonamides is 1. The van der Waals surface area contributed by atoms with Crippen LogP contribution in [0.25, 0.3) is 0 Å². The summed E-state index contributed by atoms with van der Waals surface area (Å²) in [6.07, 6.45) is -0.280. The highest BCUT2D eigenvalue weighted by Crippen LogP contribution is 2.61. The maximum absolute atomic E-state index is 13.4. The summed E-state index contributed by atoms with van der Waals surface area (Å²) in [6.45, 7) is 4.36. The molecule has 1 amide bonds. The first-order chi connectivity index (χ1) is 15.1. The van der Waals surface area contributed by atoms with Crippen LogP contribution in [0.15, 0.2) is 18.2 Å². The summed E-state index contributed by atoms with van der Waals surface area (Å²) in [5.41, 5.74) is -2.78. The quantitative estimate of drug-likeness (QED) is 0.640. The number of nitriles is 1. The molecule has 10 heteroatoms. The third kappa shape index (κ3) is 4.32. The summed E-state index contributed by atoms with van der Waals surface area (Å²) in [5, 5.41) is 12.8. The van der Waals surface area contributed by atoms with E-state index in [0.717, 1.165) is 31.4 Å². The molecule has 1 aromatic carbocycles. The Morgan fingerprint density at radius 3 is 2.24 bits per heavy atom. The number of carbonyl (C=O) groups excluding carboxylic acids is 1. The summed E-state index contributed by atoms with van der Waals surface area (Å²) < 4.78 is 66.6. The molecule has 180 valence electrons. The van der Waals surface area contributed by atoms with Gasteiger partial charge >= 0.3 is 6.18 Å². The maximum Gasteiger partial charge on any atom is 0.416 e. The SMILES string of the molecule is CC(C)(C)S(=O)(=O)Nc1ccc(C(F)(F)F)cc1C(=O)NC12CC3CC(CC(C#N)(C3)C1)C2. The van der Waals surface area contributed by atoms with Gasteiger partial charge in [0, 0.05) is 5.54 Å². The lowest BCUT2D eigenvalue weighted by Crippen LogP contribution is -2.62. The van der Waals surface area contributed by atoms with Gasteiger partial charge in [-0.3, -0.25) is 9.52 Å². The first kappa shape index (κ1) is 23.9. The van der Waals surface area contributed by atoms with Gasteiger partial charge in [0.25, 0.3) is 5.91 Å². The zero-order valence-corrected chi connectivity index (χ0v) is 19.7. The van der Waals surface area contributed by atoms with Crippen molar-refractivity contribution in [3.05, 3.63) is 29.3 Å². The molecular weight excluding hydrogens is 455 g/mol. The van der Waals surface area contributed by atoms with Crippen LogP contribution < -0.4 is 10.0 Å². The van der Waals surface area contributed by atoms with Crippen LogP contribution in [-0.2, 0) is 16.2 Å². The predicted molar refractivity (Wildman–Crippen MR) is 117 cm³/mol. The molecule has 0 radical (unpaired) electrons. The molecule has 5 rings (SSSR count). The average Bonchev–Trinajstić information content (AvgIpc) is 2.64. The zero-order chi connectivity index (χ0) is 24.4. The number of rotatable bonds is 4. The molecule has 4 bridgehead atoms. The molecular formula is C23H28F3N3O3S. The van der Waals surface area contributed by atoms with Crippen LogP contribution >= 0.6 is 0 Å². The van der Waals surface area contributed by atoms with E-state index in [1.54, 1.807) is 0 Å². The van der Waals surface area contributed by atoms with E-state index in [0.29, 0.717) is 37.2 Å². The minimum atomic E-state index is -4.69. The van der Waals surface area contributed by atoms with Crippen LogP contribution in [0.1, 0.15) is 75.2 Å². The number of nitrogens with zero attached hydrogens (tertiary/aromatic N) is 1. The number of hydrogen-bond acceptors (Lipinski definition) is 4. The number of benzene rings is 1. The molecule has 0 aromatic heterocycles. The van der Waals surface area contributed by atoms with Crippen molar-refractivity contribution in [3.63, 3.8) is 0 Å². The number of amides is 1. The standard InChI is InChI=1S/C23H28F3N3O3S/c1-20(2,3)33(31,32)29-18-5-4-16(23(24,25)26)7-17(18)19(30)28-22-10-14-6-15(11-22)9-21(8-14,12-22)13-27/h4-5,7,14-15,29H,6,8-12H2,1-3H3,(H,28,30). The lowest BCUT2D eigenvalue weighted by atomic mass is 9.47. The summed E-state index contributed by atoms with van der Waals surface area (Å²) in [6, 6.07) is 4.87. The lowest BCUT2D eigenvalue weighted by Gasteiger charge is -2.59.